The number of methoxy groups -OCH3 is 1. The van der Waals surface area contributed by atoms with E-state index >= 15 is 0 Å². The number of rotatable bonds is 11. The molecule has 1 saturated carbocycles. The molecule has 51 heavy (non-hydrogen) atoms. The van der Waals surface area contributed by atoms with E-state index in [-0.39, 0.29) is 0 Å². The zero-order valence-corrected chi connectivity index (χ0v) is 28.7. The largest absolute Gasteiger partial charge is 0.471 e. The first-order chi connectivity index (χ1) is 24.0. The molecule has 0 aromatic heterocycles. The predicted molar refractivity (Wildman–Crippen MR) is 167 cm³/mol. The van der Waals surface area contributed by atoms with Crippen LogP contribution in [0.2, 0.25) is 0 Å². The van der Waals surface area contributed by atoms with E-state index in [4.69, 9.17) is 42.6 Å². The Morgan fingerprint density at radius 3 is 2.04 bits per heavy atom. The van der Waals surface area contributed by atoms with Crippen molar-refractivity contribution < 1.29 is 81.6 Å². The number of carbonyl (C=O) groups excluding carboxylic acids is 6. The van der Waals surface area contributed by atoms with Crippen LogP contribution in [0.5, 0.6) is 0 Å². The normalized spacial score (nSPS) is 32.7. The molecule has 10 atom stereocenters. The molecule has 0 spiro atoms. The van der Waals surface area contributed by atoms with Gasteiger partial charge in [0, 0.05) is 40.2 Å². The molecule has 17 nitrogen and oxygen atoms in total. The molecule has 0 unspecified atom stereocenters. The summed E-state index contributed by atoms with van der Waals surface area (Å²) in [6.07, 6.45) is -8.28. The second kappa shape index (κ2) is 16.0. The third-order valence-corrected chi connectivity index (χ3v) is 8.44. The molecule has 0 radical (unpaired) electrons. The van der Waals surface area contributed by atoms with Crippen LogP contribution in [0.1, 0.15) is 46.6 Å². The van der Waals surface area contributed by atoms with Crippen molar-refractivity contribution in [3.8, 4) is 0 Å². The van der Waals surface area contributed by atoms with Gasteiger partial charge in [0.2, 0.25) is 12.6 Å². The van der Waals surface area contributed by atoms with Crippen LogP contribution in [-0.2, 0) is 71.4 Å². The summed E-state index contributed by atoms with van der Waals surface area (Å²) in [4.78, 5) is 74.1. The Hall–Kier alpha value is -4.84. The van der Waals surface area contributed by atoms with Gasteiger partial charge in [-0.1, -0.05) is 30.3 Å². The Morgan fingerprint density at radius 1 is 0.843 bits per heavy atom. The van der Waals surface area contributed by atoms with Gasteiger partial charge in [0.25, 0.3) is 0 Å². The highest BCUT2D eigenvalue weighted by Crippen LogP contribution is 2.53. The van der Waals surface area contributed by atoms with E-state index in [0.29, 0.717) is 5.56 Å². The summed E-state index contributed by atoms with van der Waals surface area (Å²) in [6.45, 7) is 4.89. The minimum Gasteiger partial charge on any atom is -0.471 e. The van der Waals surface area contributed by atoms with Crippen molar-refractivity contribution in [1.82, 2.24) is 0 Å². The number of fused-ring (bicyclic) bond motifs is 1. The van der Waals surface area contributed by atoms with E-state index in [1.807, 2.05) is 0 Å². The first-order valence-corrected chi connectivity index (χ1v) is 15.8. The Kier molecular flexibility index (Phi) is 12.2. The molecule has 0 amide bonds. The van der Waals surface area contributed by atoms with E-state index in [0.717, 1.165) is 47.1 Å². The molecule has 2 heterocycles. The van der Waals surface area contributed by atoms with Gasteiger partial charge < -0.3 is 52.8 Å². The molecule has 1 aromatic carbocycles. The summed E-state index contributed by atoms with van der Waals surface area (Å²) in [6, 6.07) is 8.81. The third kappa shape index (κ3) is 8.91. The van der Waals surface area contributed by atoms with E-state index in [9.17, 15) is 39.0 Å². The fourth-order valence-electron chi connectivity index (χ4n) is 6.34. The van der Waals surface area contributed by atoms with Crippen molar-refractivity contribution in [1.29, 1.82) is 0 Å². The summed E-state index contributed by atoms with van der Waals surface area (Å²) in [5, 5.41) is 24.0. The van der Waals surface area contributed by atoms with Crippen LogP contribution < -0.4 is 0 Å². The van der Waals surface area contributed by atoms with E-state index in [1.165, 1.54) is 13.0 Å². The Labute approximate surface area is 292 Å². The first kappa shape index (κ1) is 39.0. The van der Waals surface area contributed by atoms with Crippen molar-refractivity contribution >= 4 is 41.9 Å². The molecular weight excluding hydrogens is 680 g/mol. The Bertz CT molecular complexity index is 1550. The SMILES string of the molecule is COC(=O)C1=CO[C@@H](O[C@@H]2O[C@H](COC(C)=O)[C@@H](OC(C)=O)[C@H](OC(C)=O)[C@H]2OC(C)=O)[C@@H]2[C@@](C)(O)[C@@H](OC(=O)/C=C/c3ccccc3)C[C@]12O. The lowest BCUT2D eigenvalue weighted by molar-refractivity contribution is -0.353. The summed E-state index contributed by atoms with van der Waals surface area (Å²) < 4.78 is 49.6. The molecular formula is C34H40O17. The Morgan fingerprint density at radius 2 is 1.45 bits per heavy atom. The maximum absolute atomic E-state index is 12.9. The minimum absolute atomic E-state index is 0.435. The lowest BCUT2D eigenvalue weighted by Crippen LogP contribution is -2.65. The maximum Gasteiger partial charge on any atom is 0.339 e. The molecule has 278 valence electrons. The molecule has 1 aromatic rings. The zero-order valence-electron chi connectivity index (χ0n) is 28.7. The van der Waals surface area contributed by atoms with E-state index < -0.39 is 115 Å². The number of aliphatic hydroxyl groups is 2. The van der Waals surface area contributed by atoms with Gasteiger partial charge >= 0.3 is 35.8 Å². The maximum atomic E-state index is 12.9. The van der Waals surface area contributed by atoms with E-state index in [2.05, 4.69) is 0 Å². The molecule has 0 bridgehead atoms. The lowest BCUT2D eigenvalue weighted by atomic mass is 9.77. The Balaban J connectivity index is 1.72. The molecule has 1 saturated heterocycles. The van der Waals surface area contributed by atoms with Gasteiger partial charge in [-0.3, -0.25) is 19.2 Å². The van der Waals surface area contributed by atoms with Crippen LogP contribution >= 0.6 is 0 Å². The van der Waals surface area contributed by atoms with Crippen molar-refractivity contribution in [2.24, 2.45) is 5.92 Å². The second-order valence-electron chi connectivity index (χ2n) is 12.2. The third-order valence-electron chi connectivity index (χ3n) is 8.44. The van der Waals surface area contributed by atoms with Gasteiger partial charge in [0.15, 0.2) is 18.3 Å². The molecule has 17 heteroatoms. The number of benzene rings is 1. The minimum atomic E-state index is -2.31. The topological polar surface area (TPSA) is 226 Å². The van der Waals surface area contributed by atoms with Crippen LogP contribution in [0, 0.1) is 5.92 Å². The molecule has 4 rings (SSSR count). The number of hydrogen-bond acceptors (Lipinski definition) is 17. The number of hydrogen-bond donors (Lipinski definition) is 2. The number of ether oxygens (including phenoxy) is 9. The van der Waals surface area contributed by atoms with Gasteiger partial charge in [-0.15, -0.1) is 0 Å². The highest BCUT2D eigenvalue weighted by molar-refractivity contribution is 5.91. The summed E-state index contributed by atoms with van der Waals surface area (Å²) in [5.41, 5.74) is -4.26. The smallest absolute Gasteiger partial charge is 0.339 e. The summed E-state index contributed by atoms with van der Waals surface area (Å²) in [5.74, 6) is -6.94. The fourth-order valence-corrected chi connectivity index (χ4v) is 6.34. The van der Waals surface area contributed by atoms with Gasteiger partial charge in [-0.25, -0.2) is 9.59 Å². The lowest BCUT2D eigenvalue weighted by Gasteiger charge is -2.47. The first-order valence-electron chi connectivity index (χ1n) is 15.8. The molecule has 3 aliphatic rings. The highest BCUT2D eigenvalue weighted by Gasteiger charge is 2.69. The van der Waals surface area contributed by atoms with E-state index in [1.54, 1.807) is 30.3 Å². The summed E-state index contributed by atoms with van der Waals surface area (Å²) in [7, 11) is 1.06. The fraction of sp³-hybridized carbons (Fsp3) is 0.529. The van der Waals surface area contributed by atoms with Crippen LogP contribution in [0.15, 0.2) is 48.2 Å². The zero-order chi connectivity index (χ0) is 37.7. The van der Waals surface area contributed by atoms with Crippen LogP contribution in [0.25, 0.3) is 6.08 Å². The molecule has 2 fully saturated rings. The highest BCUT2D eigenvalue weighted by atomic mass is 16.8. The van der Waals surface area contributed by atoms with Gasteiger partial charge in [-0.05, 0) is 18.6 Å². The number of esters is 6. The standard InChI is InChI=1S/C34H40O17/c1-17(35)44-16-23-26(46-18(2)36)27(47-19(3)37)28(48-20(4)38)31(49-23)51-32-29-33(5,41)24(14-34(29,42)22(15-45-32)30(40)43-6)50-25(39)13-12-21-10-8-7-9-11-21/h7-13,15,23-24,26-29,31-32,41-42H,14,16H2,1-6H3/b13-12+/t23-,24+,26-,27+,28-,29-,31+,32+,33+,34+/m1/s1. The average molecular weight is 721 g/mol. The van der Waals surface area contributed by atoms with Crippen molar-refractivity contribution in [3.63, 3.8) is 0 Å². The van der Waals surface area contributed by atoms with Crippen LogP contribution in [0.4, 0.5) is 0 Å². The molecule has 1 aliphatic carbocycles. The van der Waals surface area contributed by atoms with Gasteiger partial charge in [0.05, 0.1) is 19.3 Å². The van der Waals surface area contributed by atoms with Crippen molar-refractivity contribution in [2.45, 2.75) is 95.3 Å². The average Bonchev–Trinajstić information content (AvgIpc) is 3.25. The monoisotopic (exact) mass is 720 g/mol. The van der Waals surface area contributed by atoms with Crippen molar-refractivity contribution in [2.75, 3.05) is 13.7 Å². The van der Waals surface area contributed by atoms with Crippen LogP contribution in [0.3, 0.4) is 0 Å². The van der Waals surface area contributed by atoms with Crippen LogP contribution in [-0.4, -0.2) is 114 Å². The quantitative estimate of drug-likeness (QED) is 0.182. The number of carbonyl (C=O) groups is 6. The van der Waals surface area contributed by atoms with Gasteiger partial charge in [0.1, 0.15) is 35.6 Å². The molecule has 2 aliphatic heterocycles. The van der Waals surface area contributed by atoms with Gasteiger partial charge in [-0.2, -0.15) is 0 Å². The second-order valence-corrected chi connectivity index (χ2v) is 12.2. The predicted octanol–water partition coefficient (Wildman–Crippen LogP) is 0.627. The summed E-state index contributed by atoms with van der Waals surface area (Å²) >= 11 is 0. The molecule has 2 N–H and O–H groups in total. The van der Waals surface area contributed by atoms with Crippen molar-refractivity contribution in [3.05, 3.63) is 53.8 Å².